The van der Waals surface area contributed by atoms with Crippen LogP contribution in [0, 0.1) is 0 Å². The van der Waals surface area contributed by atoms with Crippen LogP contribution in [0.4, 0.5) is 5.69 Å². The lowest BCUT2D eigenvalue weighted by atomic mass is 9.86. The van der Waals surface area contributed by atoms with Crippen molar-refractivity contribution in [1.29, 1.82) is 0 Å². The largest absolute Gasteiger partial charge is 0.492 e. The predicted molar refractivity (Wildman–Crippen MR) is 117 cm³/mol. The van der Waals surface area contributed by atoms with Gasteiger partial charge >= 0.3 is 0 Å². The second kappa shape index (κ2) is 8.55. The molecular formula is C22H28N2O5S. The van der Waals surface area contributed by atoms with E-state index in [0.717, 1.165) is 11.8 Å². The topological polar surface area (TPSA) is 84.9 Å². The van der Waals surface area contributed by atoms with E-state index in [1.807, 2.05) is 42.5 Å². The van der Waals surface area contributed by atoms with E-state index in [9.17, 15) is 13.2 Å². The lowest BCUT2D eigenvalue weighted by Gasteiger charge is -2.35. The third kappa shape index (κ3) is 5.24. The molecule has 2 aromatic rings. The van der Waals surface area contributed by atoms with Gasteiger partial charge in [0.2, 0.25) is 10.0 Å². The molecule has 1 amide bonds. The summed E-state index contributed by atoms with van der Waals surface area (Å²) in [7, 11) is -3.58. The monoisotopic (exact) mass is 432 g/mol. The Morgan fingerprint density at radius 2 is 1.90 bits per heavy atom. The van der Waals surface area contributed by atoms with Crippen LogP contribution in [-0.2, 0) is 20.2 Å². The molecule has 30 heavy (non-hydrogen) atoms. The molecule has 3 rings (SSSR count). The number of carbonyl (C=O) groups excluding carboxylic acids is 1. The number of fused-ring (bicyclic) bond motifs is 1. The first-order valence-corrected chi connectivity index (χ1v) is 11.6. The van der Waals surface area contributed by atoms with E-state index in [4.69, 9.17) is 9.47 Å². The average Bonchev–Trinajstić information content (AvgIpc) is 2.69. The zero-order valence-corrected chi connectivity index (χ0v) is 18.5. The molecule has 7 nitrogen and oxygen atoms in total. The van der Waals surface area contributed by atoms with Crippen LogP contribution in [0.5, 0.6) is 11.5 Å². The van der Waals surface area contributed by atoms with Crippen molar-refractivity contribution in [1.82, 2.24) is 5.32 Å². The Hall–Kier alpha value is -2.74. The molecule has 162 valence electrons. The molecule has 1 unspecified atom stereocenters. The highest BCUT2D eigenvalue weighted by molar-refractivity contribution is 7.92. The third-order valence-corrected chi connectivity index (χ3v) is 5.95. The molecule has 1 heterocycles. The minimum absolute atomic E-state index is 0.0786. The summed E-state index contributed by atoms with van der Waals surface area (Å²) in [6, 6.07) is 14.7. The molecule has 0 fully saturated rings. The van der Waals surface area contributed by atoms with Gasteiger partial charge in [0.1, 0.15) is 18.1 Å². The van der Waals surface area contributed by atoms with Gasteiger partial charge < -0.3 is 14.8 Å². The molecule has 0 bridgehead atoms. The fourth-order valence-corrected chi connectivity index (χ4v) is 4.05. The molecule has 0 saturated heterocycles. The molecule has 8 heteroatoms. The number of benzene rings is 2. The first-order valence-electron chi connectivity index (χ1n) is 9.80. The van der Waals surface area contributed by atoms with Crippen molar-refractivity contribution < 1.29 is 22.7 Å². The minimum Gasteiger partial charge on any atom is -0.492 e. The van der Waals surface area contributed by atoms with Crippen molar-refractivity contribution in [2.75, 3.05) is 30.3 Å². The van der Waals surface area contributed by atoms with Gasteiger partial charge in [-0.05, 0) is 35.2 Å². The number of sulfonamides is 1. The number of para-hydroxylation sites is 1. The van der Waals surface area contributed by atoms with Crippen LogP contribution in [0.2, 0.25) is 0 Å². The summed E-state index contributed by atoms with van der Waals surface area (Å²) in [5, 5.41) is 2.75. The maximum atomic E-state index is 12.6. The number of rotatable bonds is 6. The van der Waals surface area contributed by atoms with Crippen molar-refractivity contribution in [3.63, 3.8) is 0 Å². The van der Waals surface area contributed by atoms with Gasteiger partial charge in [-0.3, -0.25) is 9.10 Å². The maximum absolute atomic E-state index is 12.6. The lowest BCUT2D eigenvalue weighted by molar-refractivity contribution is -0.127. The Bertz CT molecular complexity index is 1000. The third-order valence-electron chi connectivity index (χ3n) is 4.80. The Balaban J connectivity index is 1.69. The van der Waals surface area contributed by atoms with Crippen molar-refractivity contribution in [2.24, 2.45) is 0 Å². The average molecular weight is 433 g/mol. The van der Waals surface area contributed by atoms with E-state index in [-0.39, 0.29) is 24.4 Å². The lowest BCUT2D eigenvalue weighted by Crippen LogP contribution is -2.51. The van der Waals surface area contributed by atoms with E-state index < -0.39 is 16.1 Å². The summed E-state index contributed by atoms with van der Waals surface area (Å²) in [5.74, 6) is 0.707. The minimum atomic E-state index is -3.58. The molecule has 0 aliphatic carbocycles. The normalized spacial score (nSPS) is 16.4. The molecule has 0 saturated carbocycles. The number of anilines is 1. The number of carbonyl (C=O) groups is 1. The van der Waals surface area contributed by atoms with E-state index in [1.54, 1.807) is 6.07 Å². The van der Waals surface area contributed by atoms with Crippen LogP contribution in [-0.4, -0.2) is 46.4 Å². The van der Waals surface area contributed by atoms with E-state index in [1.165, 1.54) is 4.31 Å². The van der Waals surface area contributed by atoms with Gasteiger partial charge in [0.05, 0.1) is 25.0 Å². The molecule has 2 aromatic carbocycles. The van der Waals surface area contributed by atoms with Crippen LogP contribution in [0.1, 0.15) is 26.3 Å². The van der Waals surface area contributed by atoms with E-state index >= 15 is 0 Å². The van der Waals surface area contributed by atoms with Crippen LogP contribution >= 0.6 is 0 Å². The summed E-state index contributed by atoms with van der Waals surface area (Å²) in [6.07, 6.45) is 0.193. The molecule has 1 aliphatic heterocycles. The first kappa shape index (κ1) is 22.0. The predicted octanol–water partition coefficient (Wildman–Crippen LogP) is 2.71. The van der Waals surface area contributed by atoms with E-state index in [2.05, 4.69) is 26.1 Å². The Kier molecular flexibility index (Phi) is 6.26. The van der Waals surface area contributed by atoms with Gasteiger partial charge in [0.15, 0.2) is 6.10 Å². The fraction of sp³-hybridized carbons (Fsp3) is 0.409. The summed E-state index contributed by atoms with van der Waals surface area (Å²) in [5.41, 5.74) is 1.30. The Morgan fingerprint density at radius 1 is 1.20 bits per heavy atom. The van der Waals surface area contributed by atoms with Gasteiger partial charge in [-0.2, -0.15) is 0 Å². The van der Waals surface area contributed by atoms with Crippen molar-refractivity contribution in [2.45, 2.75) is 32.3 Å². The van der Waals surface area contributed by atoms with E-state index in [0.29, 0.717) is 23.8 Å². The molecule has 0 spiro atoms. The van der Waals surface area contributed by atoms with Crippen LogP contribution in [0.15, 0.2) is 48.5 Å². The summed E-state index contributed by atoms with van der Waals surface area (Å²) in [6.45, 7) is 6.65. The quantitative estimate of drug-likeness (QED) is 0.710. The summed E-state index contributed by atoms with van der Waals surface area (Å²) in [4.78, 5) is 12.6. The van der Waals surface area contributed by atoms with Crippen molar-refractivity contribution in [3.05, 3.63) is 54.1 Å². The number of hydrogen-bond acceptors (Lipinski definition) is 5. The summed E-state index contributed by atoms with van der Waals surface area (Å²) >= 11 is 0. The fourth-order valence-electron chi connectivity index (χ4n) is 3.14. The number of nitrogens with one attached hydrogen (secondary N) is 1. The number of hydrogen-bond donors (Lipinski definition) is 1. The Morgan fingerprint density at radius 3 is 2.53 bits per heavy atom. The van der Waals surface area contributed by atoms with Crippen molar-refractivity contribution in [3.8, 4) is 11.5 Å². The smallest absolute Gasteiger partial charge is 0.263 e. The molecule has 1 aliphatic rings. The SMILES string of the molecule is CC(C)(C)c1ccc2c(c1)N(S(C)(=O)=O)CC(C(=O)NCCOc1ccccc1)O2. The van der Waals surface area contributed by atoms with Gasteiger partial charge in [0, 0.05) is 0 Å². The van der Waals surface area contributed by atoms with Gasteiger partial charge in [0.25, 0.3) is 5.91 Å². The zero-order valence-electron chi connectivity index (χ0n) is 17.7. The molecule has 1 N–H and O–H groups in total. The second-order valence-corrected chi connectivity index (χ2v) is 10.2. The summed E-state index contributed by atoms with van der Waals surface area (Å²) < 4.78 is 37.5. The van der Waals surface area contributed by atoms with Gasteiger partial charge in [-0.1, -0.05) is 45.0 Å². The van der Waals surface area contributed by atoms with Gasteiger partial charge in [-0.15, -0.1) is 0 Å². The maximum Gasteiger partial charge on any atom is 0.263 e. The molecule has 1 atom stereocenters. The zero-order chi connectivity index (χ0) is 21.9. The second-order valence-electron chi connectivity index (χ2n) is 8.29. The highest BCUT2D eigenvalue weighted by Crippen LogP contribution is 2.38. The highest BCUT2D eigenvalue weighted by Gasteiger charge is 2.35. The van der Waals surface area contributed by atoms with Crippen LogP contribution in [0.3, 0.4) is 0 Å². The molecular weight excluding hydrogens is 404 g/mol. The standard InChI is InChI=1S/C22H28N2O5S/c1-22(2,3)16-10-11-19-18(14-16)24(30(4,26)27)15-20(29-19)21(25)23-12-13-28-17-8-6-5-7-9-17/h5-11,14,20H,12-13,15H2,1-4H3,(H,23,25). The number of nitrogens with zero attached hydrogens (tertiary/aromatic N) is 1. The molecule has 0 aromatic heterocycles. The van der Waals surface area contributed by atoms with Gasteiger partial charge in [-0.25, -0.2) is 8.42 Å². The first-order chi connectivity index (χ1) is 14.1. The van der Waals surface area contributed by atoms with Crippen LogP contribution in [0.25, 0.3) is 0 Å². The Labute approximate surface area is 178 Å². The number of amides is 1. The van der Waals surface area contributed by atoms with Crippen molar-refractivity contribution >= 4 is 21.6 Å². The van der Waals surface area contributed by atoms with Crippen LogP contribution < -0.4 is 19.1 Å². The molecule has 0 radical (unpaired) electrons. The number of ether oxygens (including phenoxy) is 2. The highest BCUT2D eigenvalue weighted by atomic mass is 32.2.